The van der Waals surface area contributed by atoms with E-state index in [2.05, 4.69) is 47.9 Å². The predicted octanol–water partition coefficient (Wildman–Crippen LogP) is 4.92. The van der Waals surface area contributed by atoms with E-state index in [0.717, 1.165) is 41.8 Å². The van der Waals surface area contributed by atoms with Gasteiger partial charge >= 0.3 is 0 Å². The van der Waals surface area contributed by atoms with Crippen LogP contribution in [-0.4, -0.2) is 70.9 Å². The number of benzene rings is 3. The summed E-state index contributed by atoms with van der Waals surface area (Å²) in [5.74, 6) is 6.26. The van der Waals surface area contributed by atoms with Crippen LogP contribution < -0.4 is 4.74 Å². The molecular formula is C37H42N2O4. The lowest BCUT2D eigenvalue weighted by atomic mass is 9.48. The molecule has 2 N–H and O–H groups in total. The second kappa shape index (κ2) is 11.4. The second-order valence-electron chi connectivity index (χ2n) is 12.8. The van der Waals surface area contributed by atoms with Crippen molar-refractivity contribution in [2.24, 2.45) is 0 Å². The number of hydrogen-bond acceptors (Lipinski definition) is 5. The van der Waals surface area contributed by atoms with Crippen molar-refractivity contribution in [3.63, 3.8) is 0 Å². The molecule has 43 heavy (non-hydrogen) atoms. The Kier molecular flexibility index (Phi) is 7.75. The number of nitrogens with zero attached hydrogens (tertiary/aromatic N) is 2. The molecule has 3 aromatic carbocycles. The average Bonchev–Trinajstić information content (AvgIpc) is 3.01. The molecule has 1 aliphatic heterocycles. The number of carbonyl (C=O) groups is 1. The van der Waals surface area contributed by atoms with Crippen molar-refractivity contribution in [3.8, 4) is 23.3 Å². The topological polar surface area (TPSA) is 73.2 Å². The van der Waals surface area contributed by atoms with Gasteiger partial charge in [-0.1, -0.05) is 48.4 Å². The quantitative estimate of drug-likeness (QED) is 0.421. The van der Waals surface area contributed by atoms with E-state index in [4.69, 9.17) is 4.74 Å². The first-order chi connectivity index (χ1) is 20.7. The highest BCUT2D eigenvalue weighted by molar-refractivity contribution is 5.94. The number of aliphatic hydroxyl groups is 1. The molecule has 6 heteroatoms. The fourth-order valence-corrected chi connectivity index (χ4v) is 8.08. The zero-order valence-electron chi connectivity index (χ0n) is 25.7. The molecule has 2 aliphatic carbocycles. The number of phenols is 1. The van der Waals surface area contributed by atoms with Gasteiger partial charge in [-0.25, -0.2) is 0 Å². The van der Waals surface area contributed by atoms with Crippen molar-refractivity contribution < 1.29 is 19.7 Å². The zero-order chi connectivity index (χ0) is 30.4. The molecule has 0 unspecified atom stereocenters. The van der Waals surface area contributed by atoms with E-state index in [-0.39, 0.29) is 23.7 Å². The number of likely N-dealkylation sites (tertiary alicyclic amines) is 1. The Bertz CT molecular complexity index is 1590. The third-order valence-corrected chi connectivity index (χ3v) is 10.6. The van der Waals surface area contributed by atoms with Gasteiger partial charge in [0.05, 0.1) is 12.7 Å². The summed E-state index contributed by atoms with van der Waals surface area (Å²) in [6.07, 6.45) is 4.17. The molecule has 3 aliphatic rings. The lowest BCUT2D eigenvalue weighted by Crippen LogP contribution is -2.74. The molecule has 0 spiro atoms. The van der Waals surface area contributed by atoms with Crippen LogP contribution in [0.4, 0.5) is 0 Å². The van der Waals surface area contributed by atoms with Crippen molar-refractivity contribution in [1.29, 1.82) is 0 Å². The van der Waals surface area contributed by atoms with E-state index < -0.39 is 11.0 Å². The van der Waals surface area contributed by atoms with Crippen LogP contribution in [0.1, 0.15) is 59.1 Å². The summed E-state index contributed by atoms with van der Waals surface area (Å²) in [7, 11) is 3.42. The molecule has 0 aromatic heterocycles. The van der Waals surface area contributed by atoms with Gasteiger partial charge in [-0.05, 0) is 99.4 Å². The maximum Gasteiger partial charge on any atom is 0.298 e. The summed E-state index contributed by atoms with van der Waals surface area (Å²) in [4.78, 5) is 17.6. The van der Waals surface area contributed by atoms with Crippen LogP contribution >= 0.6 is 0 Å². The highest BCUT2D eigenvalue weighted by atomic mass is 16.5. The number of piperidine rings is 1. The second-order valence-corrected chi connectivity index (χ2v) is 12.8. The highest BCUT2D eigenvalue weighted by Gasteiger charge is 2.66. The van der Waals surface area contributed by atoms with Crippen LogP contribution in [0.3, 0.4) is 0 Å². The number of rotatable bonds is 5. The summed E-state index contributed by atoms with van der Waals surface area (Å²) < 4.78 is 5.83. The Morgan fingerprint density at radius 1 is 1.09 bits per heavy atom. The fourth-order valence-electron chi connectivity index (χ4n) is 8.08. The number of aryl methyl sites for hydroxylation is 2. The van der Waals surface area contributed by atoms with Gasteiger partial charge in [0.2, 0.25) is 0 Å². The molecule has 6 rings (SSSR count). The number of ether oxygens (including phenoxy) is 1. The van der Waals surface area contributed by atoms with Crippen molar-refractivity contribution in [1.82, 2.24) is 9.80 Å². The van der Waals surface area contributed by atoms with Crippen LogP contribution in [0, 0.1) is 25.7 Å². The molecule has 1 amide bonds. The average molecular weight is 579 g/mol. The van der Waals surface area contributed by atoms with Crippen LogP contribution in [-0.2, 0) is 23.1 Å². The van der Waals surface area contributed by atoms with Gasteiger partial charge < -0.3 is 19.8 Å². The fraction of sp³-hybridized carbons (Fsp3) is 0.432. The minimum Gasteiger partial charge on any atom is -0.504 e. The number of phenolic OH excluding ortho intramolecular Hbond substituents is 1. The van der Waals surface area contributed by atoms with Gasteiger partial charge in [-0.3, -0.25) is 9.69 Å². The van der Waals surface area contributed by atoms with Crippen molar-refractivity contribution in [2.45, 2.75) is 75.5 Å². The molecule has 1 saturated heterocycles. The van der Waals surface area contributed by atoms with E-state index >= 15 is 0 Å². The van der Waals surface area contributed by atoms with Crippen LogP contribution in [0.25, 0.3) is 0 Å². The van der Waals surface area contributed by atoms with Crippen LogP contribution in [0.2, 0.25) is 0 Å². The Balaban J connectivity index is 1.32. The van der Waals surface area contributed by atoms with Crippen molar-refractivity contribution >= 4 is 5.91 Å². The minimum atomic E-state index is -1.01. The Morgan fingerprint density at radius 2 is 1.88 bits per heavy atom. The molecule has 1 saturated carbocycles. The van der Waals surface area contributed by atoms with Gasteiger partial charge in [0.25, 0.3) is 5.91 Å². The van der Waals surface area contributed by atoms with Crippen LogP contribution in [0.5, 0.6) is 11.5 Å². The minimum absolute atomic E-state index is 0.0572. The summed E-state index contributed by atoms with van der Waals surface area (Å²) >= 11 is 0. The molecule has 1 heterocycles. The number of carbonyl (C=O) groups excluding carboxylic acids is 1. The SMILES string of the molecule is COc1c(O)ccc2c1[C@]13CCN(CCc4ccccc4)[C@H](C2)[C@]1(O)CC[C@@H](N(C)C(=O)C#Cc1ccc(C)c(C)c1)C3. The van der Waals surface area contributed by atoms with E-state index in [9.17, 15) is 15.0 Å². The Labute approximate surface area is 255 Å². The van der Waals surface area contributed by atoms with Gasteiger partial charge in [0, 0.05) is 48.1 Å². The lowest BCUT2D eigenvalue weighted by Gasteiger charge is -2.65. The normalized spacial score (nSPS) is 26.0. The predicted molar refractivity (Wildman–Crippen MR) is 168 cm³/mol. The zero-order valence-corrected chi connectivity index (χ0v) is 25.7. The maximum absolute atomic E-state index is 13.4. The molecular weight excluding hydrogens is 536 g/mol. The van der Waals surface area contributed by atoms with Gasteiger partial charge in [0.15, 0.2) is 11.5 Å². The van der Waals surface area contributed by atoms with Crippen molar-refractivity contribution in [2.75, 3.05) is 27.2 Å². The number of hydrogen-bond donors (Lipinski definition) is 2. The van der Waals surface area contributed by atoms with Gasteiger partial charge in [-0.2, -0.15) is 0 Å². The number of fused-ring (bicyclic) bond motifs is 1. The molecule has 224 valence electrons. The van der Waals surface area contributed by atoms with Crippen LogP contribution in [0.15, 0.2) is 60.7 Å². The van der Waals surface area contributed by atoms with Crippen molar-refractivity contribution in [3.05, 3.63) is 94.0 Å². The third-order valence-electron chi connectivity index (χ3n) is 10.6. The summed E-state index contributed by atoms with van der Waals surface area (Å²) in [6.45, 7) is 5.80. The first-order valence-corrected chi connectivity index (χ1v) is 15.4. The molecule has 4 atom stereocenters. The molecule has 2 fully saturated rings. The highest BCUT2D eigenvalue weighted by Crippen LogP contribution is 2.61. The lowest BCUT2D eigenvalue weighted by molar-refractivity contribution is -0.177. The monoisotopic (exact) mass is 578 g/mol. The van der Waals surface area contributed by atoms with E-state index in [1.54, 1.807) is 18.1 Å². The van der Waals surface area contributed by atoms with E-state index in [0.29, 0.717) is 37.9 Å². The number of aromatic hydroxyl groups is 1. The molecule has 2 bridgehead atoms. The smallest absolute Gasteiger partial charge is 0.298 e. The molecule has 0 radical (unpaired) electrons. The largest absolute Gasteiger partial charge is 0.504 e. The molecule has 6 nitrogen and oxygen atoms in total. The third kappa shape index (κ3) is 4.99. The van der Waals surface area contributed by atoms with Gasteiger partial charge in [0.1, 0.15) is 0 Å². The van der Waals surface area contributed by atoms with E-state index in [1.807, 2.05) is 44.3 Å². The maximum atomic E-state index is 13.4. The number of amides is 1. The number of methoxy groups -OCH3 is 1. The Hall–Kier alpha value is -3.79. The summed E-state index contributed by atoms with van der Waals surface area (Å²) in [6, 6.07) is 20.0. The summed E-state index contributed by atoms with van der Waals surface area (Å²) in [5.41, 5.74) is 4.83. The molecule has 3 aromatic rings. The standard InChI is InChI=1S/C37H42N2O4/c1-25-10-11-28(22-26(25)2)12-15-33(41)38(3)30-16-18-37(42)32-23-29-13-14-31(40)35(43-4)34(29)36(37,24-30)19-21-39(32)20-17-27-8-6-5-7-9-27/h5-11,13-14,22,30,32,40,42H,16-21,23-24H2,1-4H3/t30-,32-,36-,37-/m1/s1. The first kappa shape index (κ1) is 29.3. The first-order valence-electron chi connectivity index (χ1n) is 15.4. The summed E-state index contributed by atoms with van der Waals surface area (Å²) in [5, 5.41) is 23.7. The van der Waals surface area contributed by atoms with Gasteiger partial charge in [-0.15, -0.1) is 0 Å². The Morgan fingerprint density at radius 3 is 2.63 bits per heavy atom. The van der Waals surface area contributed by atoms with E-state index in [1.165, 1.54) is 11.1 Å².